The van der Waals surface area contributed by atoms with E-state index in [4.69, 9.17) is 16.3 Å². The summed E-state index contributed by atoms with van der Waals surface area (Å²) in [6, 6.07) is 14.8. The summed E-state index contributed by atoms with van der Waals surface area (Å²) < 4.78 is 4.99. The van der Waals surface area contributed by atoms with Crippen LogP contribution in [0, 0.1) is 0 Å². The Bertz CT molecular complexity index is 1040. The van der Waals surface area contributed by atoms with E-state index in [1.807, 2.05) is 42.5 Å². The maximum Gasteiger partial charge on any atom is 0.310 e. The lowest BCUT2D eigenvalue weighted by Crippen LogP contribution is -2.16. The zero-order valence-corrected chi connectivity index (χ0v) is 17.5. The van der Waals surface area contributed by atoms with E-state index >= 15 is 0 Å². The van der Waals surface area contributed by atoms with E-state index in [2.05, 4.69) is 15.6 Å². The number of nitrogens with one attached hydrogen (secondary N) is 2. The van der Waals surface area contributed by atoms with Gasteiger partial charge in [-0.25, -0.2) is 0 Å². The maximum atomic E-state index is 12.4. The van der Waals surface area contributed by atoms with Crippen LogP contribution >= 0.6 is 11.6 Å². The summed E-state index contributed by atoms with van der Waals surface area (Å²) in [6.07, 6.45) is 2.87. The molecule has 0 saturated heterocycles. The number of hydrogen-bond acceptors (Lipinski definition) is 5. The molecule has 0 spiro atoms. The second kappa shape index (κ2) is 10.6. The van der Waals surface area contributed by atoms with Crippen LogP contribution in [0.4, 0.5) is 11.4 Å². The standard InChI is InChI=1S/C23H24ClN3O3/c1-2-30-23(29)14-16-6-3-4-7-19(16)27-22(28)8-5-12-25-20-11-13-26-21-15-17(24)9-10-18(20)21/h3-4,6-7,9-11,13,15H,2,5,8,12,14H2,1H3,(H,25,26)(H,27,28). The number of rotatable bonds is 9. The fourth-order valence-electron chi connectivity index (χ4n) is 3.12. The number of aromatic nitrogens is 1. The van der Waals surface area contributed by atoms with Crippen molar-refractivity contribution in [1.82, 2.24) is 4.98 Å². The Morgan fingerprint density at radius 2 is 1.93 bits per heavy atom. The Morgan fingerprint density at radius 1 is 1.10 bits per heavy atom. The number of para-hydroxylation sites is 1. The normalized spacial score (nSPS) is 10.6. The third-order valence-electron chi connectivity index (χ3n) is 4.53. The summed E-state index contributed by atoms with van der Waals surface area (Å²) in [5.74, 6) is -0.409. The summed E-state index contributed by atoms with van der Waals surface area (Å²) in [5.41, 5.74) is 3.16. The first-order valence-corrected chi connectivity index (χ1v) is 10.3. The molecule has 156 valence electrons. The zero-order valence-electron chi connectivity index (χ0n) is 16.8. The molecule has 2 N–H and O–H groups in total. The summed E-state index contributed by atoms with van der Waals surface area (Å²) in [5, 5.41) is 7.88. The minimum absolute atomic E-state index is 0.0977. The molecule has 0 atom stereocenters. The van der Waals surface area contributed by atoms with Crippen LogP contribution in [0.15, 0.2) is 54.7 Å². The quantitative estimate of drug-likeness (QED) is 0.379. The van der Waals surface area contributed by atoms with Gasteiger partial charge < -0.3 is 15.4 Å². The second-order valence-corrected chi connectivity index (χ2v) is 7.17. The van der Waals surface area contributed by atoms with Gasteiger partial charge in [-0.3, -0.25) is 14.6 Å². The first kappa shape index (κ1) is 21.6. The largest absolute Gasteiger partial charge is 0.466 e. The molecule has 0 unspecified atom stereocenters. The highest BCUT2D eigenvalue weighted by Crippen LogP contribution is 2.24. The van der Waals surface area contributed by atoms with Crippen molar-refractivity contribution < 1.29 is 14.3 Å². The number of carbonyl (C=O) groups is 2. The van der Waals surface area contributed by atoms with Crippen LogP contribution in [0.1, 0.15) is 25.3 Å². The number of ether oxygens (including phenoxy) is 1. The predicted octanol–water partition coefficient (Wildman–Crippen LogP) is 4.82. The molecule has 0 aliphatic heterocycles. The molecule has 0 fully saturated rings. The van der Waals surface area contributed by atoms with Crippen molar-refractivity contribution in [2.45, 2.75) is 26.2 Å². The molecule has 6 nitrogen and oxygen atoms in total. The molecule has 7 heteroatoms. The van der Waals surface area contributed by atoms with Crippen LogP contribution in [-0.2, 0) is 20.7 Å². The average Bonchev–Trinajstić information content (AvgIpc) is 2.72. The minimum Gasteiger partial charge on any atom is -0.466 e. The third-order valence-corrected chi connectivity index (χ3v) is 4.77. The zero-order chi connectivity index (χ0) is 21.3. The second-order valence-electron chi connectivity index (χ2n) is 6.74. The van der Waals surface area contributed by atoms with E-state index in [9.17, 15) is 9.59 Å². The van der Waals surface area contributed by atoms with E-state index in [0.717, 1.165) is 22.2 Å². The summed E-state index contributed by atoms with van der Waals surface area (Å²) in [7, 11) is 0. The first-order valence-electron chi connectivity index (χ1n) is 9.88. The molecule has 3 rings (SSSR count). The number of amides is 1. The number of benzene rings is 2. The number of esters is 1. The number of carbonyl (C=O) groups excluding carboxylic acids is 2. The molecular weight excluding hydrogens is 402 g/mol. The van der Waals surface area contributed by atoms with Gasteiger partial charge in [0.05, 0.1) is 18.5 Å². The summed E-state index contributed by atoms with van der Waals surface area (Å²) >= 11 is 6.02. The van der Waals surface area contributed by atoms with Crippen molar-refractivity contribution in [1.29, 1.82) is 0 Å². The molecular formula is C23H24ClN3O3. The first-order chi connectivity index (χ1) is 14.6. The van der Waals surface area contributed by atoms with Gasteiger partial charge in [0.1, 0.15) is 0 Å². The van der Waals surface area contributed by atoms with Crippen LogP contribution in [0.5, 0.6) is 0 Å². The molecule has 1 amide bonds. The van der Waals surface area contributed by atoms with Gasteiger partial charge in [0, 0.05) is 40.9 Å². The van der Waals surface area contributed by atoms with E-state index in [-0.39, 0.29) is 18.3 Å². The number of pyridine rings is 1. The van der Waals surface area contributed by atoms with Crippen molar-refractivity contribution in [2.24, 2.45) is 0 Å². The SMILES string of the molecule is CCOC(=O)Cc1ccccc1NC(=O)CCCNc1ccnc2cc(Cl)ccc12. The Labute approximate surface area is 180 Å². The van der Waals surface area contributed by atoms with Crippen LogP contribution in [0.25, 0.3) is 10.9 Å². The number of hydrogen-bond donors (Lipinski definition) is 2. The number of nitrogens with zero attached hydrogens (tertiary/aromatic N) is 1. The number of fused-ring (bicyclic) bond motifs is 1. The lowest BCUT2D eigenvalue weighted by atomic mass is 10.1. The number of halogens is 1. The van der Waals surface area contributed by atoms with Gasteiger partial charge in [0.25, 0.3) is 0 Å². The highest BCUT2D eigenvalue weighted by Gasteiger charge is 2.11. The minimum atomic E-state index is -0.311. The molecule has 0 aliphatic rings. The number of anilines is 2. The van der Waals surface area contributed by atoms with Crippen LogP contribution < -0.4 is 10.6 Å². The fourth-order valence-corrected chi connectivity index (χ4v) is 3.29. The molecule has 30 heavy (non-hydrogen) atoms. The van der Waals surface area contributed by atoms with Crippen molar-refractivity contribution in [2.75, 3.05) is 23.8 Å². The molecule has 2 aromatic carbocycles. The lowest BCUT2D eigenvalue weighted by Gasteiger charge is -2.12. The molecule has 0 radical (unpaired) electrons. The van der Waals surface area contributed by atoms with E-state index < -0.39 is 0 Å². The Morgan fingerprint density at radius 3 is 2.77 bits per heavy atom. The van der Waals surface area contributed by atoms with Crippen molar-refractivity contribution in [3.05, 3.63) is 65.3 Å². The monoisotopic (exact) mass is 425 g/mol. The highest BCUT2D eigenvalue weighted by molar-refractivity contribution is 6.31. The molecule has 0 bridgehead atoms. The summed E-state index contributed by atoms with van der Waals surface area (Å²) in [6.45, 7) is 2.74. The molecule has 0 aliphatic carbocycles. The van der Waals surface area contributed by atoms with Gasteiger partial charge in [-0.05, 0) is 49.2 Å². The third kappa shape index (κ3) is 5.94. The van der Waals surface area contributed by atoms with Gasteiger partial charge in [-0.1, -0.05) is 29.8 Å². The van der Waals surface area contributed by atoms with E-state index in [0.29, 0.717) is 36.7 Å². The van der Waals surface area contributed by atoms with Crippen molar-refractivity contribution >= 4 is 45.8 Å². The molecule has 3 aromatic rings. The summed E-state index contributed by atoms with van der Waals surface area (Å²) in [4.78, 5) is 28.4. The molecule has 0 saturated carbocycles. The maximum absolute atomic E-state index is 12.4. The van der Waals surface area contributed by atoms with E-state index in [1.54, 1.807) is 19.2 Å². The Hall–Kier alpha value is -3.12. The van der Waals surface area contributed by atoms with E-state index in [1.165, 1.54) is 0 Å². The molecule has 1 heterocycles. The lowest BCUT2D eigenvalue weighted by molar-refractivity contribution is -0.142. The average molecular weight is 426 g/mol. The van der Waals surface area contributed by atoms with Crippen LogP contribution in [0.3, 0.4) is 0 Å². The molecule has 1 aromatic heterocycles. The van der Waals surface area contributed by atoms with Gasteiger partial charge in [-0.15, -0.1) is 0 Å². The fraction of sp³-hybridized carbons (Fsp3) is 0.261. The smallest absolute Gasteiger partial charge is 0.310 e. The predicted molar refractivity (Wildman–Crippen MR) is 120 cm³/mol. The Balaban J connectivity index is 1.51. The van der Waals surface area contributed by atoms with Crippen molar-refractivity contribution in [3.63, 3.8) is 0 Å². The highest BCUT2D eigenvalue weighted by atomic mass is 35.5. The Kier molecular flexibility index (Phi) is 7.63. The van der Waals surface area contributed by atoms with Crippen LogP contribution in [-0.4, -0.2) is 30.0 Å². The van der Waals surface area contributed by atoms with Gasteiger partial charge in [0.2, 0.25) is 5.91 Å². The van der Waals surface area contributed by atoms with Crippen LogP contribution in [0.2, 0.25) is 5.02 Å². The van der Waals surface area contributed by atoms with Gasteiger partial charge in [0.15, 0.2) is 0 Å². The topological polar surface area (TPSA) is 80.3 Å². The van der Waals surface area contributed by atoms with Crippen molar-refractivity contribution in [3.8, 4) is 0 Å². The van der Waals surface area contributed by atoms with Gasteiger partial charge in [-0.2, -0.15) is 0 Å². The van der Waals surface area contributed by atoms with Gasteiger partial charge >= 0.3 is 5.97 Å².